The molecule has 0 aliphatic heterocycles. The van der Waals surface area contributed by atoms with Gasteiger partial charge in [-0.3, -0.25) is 4.57 Å². The molecule has 288 valence electrons. The van der Waals surface area contributed by atoms with E-state index in [-0.39, 0.29) is 0 Å². The molecule has 0 bridgehead atoms. The smallest absolute Gasteiger partial charge is 0.238 e. The molecule has 5 aromatic heterocycles. The third kappa shape index (κ3) is 4.82. The molecule has 0 atom stereocenters. The van der Waals surface area contributed by atoms with Crippen LogP contribution in [-0.2, 0) is 0 Å². The lowest BCUT2D eigenvalue weighted by atomic mass is 10.1. The van der Waals surface area contributed by atoms with E-state index in [1.54, 1.807) is 11.3 Å². The molecular weight excluding hydrogens is 779 g/mol. The van der Waals surface area contributed by atoms with Crippen LogP contribution in [0.4, 0.5) is 0 Å². The van der Waals surface area contributed by atoms with Gasteiger partial charge in [0.25, 0.3) is 0 Å². The van der Waals surface area contributed by atoms with E-state index in [0.717, 1.165) is 71.6 Å². The van der Waals surface area contributed by atoms with Crippen molar-refractivity contribution in [2.75, 3.05) is 0 Å². The van der Waals surface area contributed by atoms with Gasteiger partial charge in [-0.2, -0.15) is 9.97 Å². The molecule has 0 aliphatic rings. The van der Waals surface area contributed by atoms with Gasteiger partial charge in [0.05, 0.1) is 27.8 Å². The van der Waals surface area contributed by atoms with E-state index in [0.29, 0.717) is 17.6 Å². The van der Waals surface area contributed by atoms with Gasteiger partial charge in [-0.15, -0.1) is 11.3 Å². The Balaban J connectivity index is 1.12. The minimum Gasteiger partial charge on any atom is -0.456 e. The summed E-state index contributed by atoms with van der Waals surface area (Å²) in [5, 5.41) is 11.5. The SMILES string of the molecule is c1ccc2cc3c(cc2c1)c1ccccc1n3-c1cc2c(cc1-c1nc(-c3ccc4sc5ccccc5c4c3)nc(-n3c4ccccc4c4ccccc43)n1)oc1ccccc12. The maximum Gasteiger partial charge on any atom is 0.238 e. The monoisotopic (exact) mass is 809 g/mol. The maximum atomic E-state index is 6.65. The summed E-state index contributed by atoms with van der Waals surface area (Å²) < 4.78 is 13.7. The molecule has 0 fully saturated rings. The molecule has 0 aliphatic carbocycles. The number of furan rings is 1. The van der Waals surface area contributed by atoms with Gasteiger partial charge in [0.15, 0.2) is 11.6 Å². The lowest BCUT2D eigenvalue weighted by molar-refractivity contribution is 0.669. The predicted octanol–water partition coefficient (Wildman–Crippen LogP) is 14.8. The van der Waals surface area contributed by atoms with E-state index in [9.17, 15) is 0 Å². The van der Waals surface area contributed by atoms with E-state index >= 15 is 0 Å². The summed E-state index contributed by atoms with van der Waals surface area (Å²) >= 11 is 1.80. The van der Waals surface area contributed by atoms with Crippen molar-refractivity contribution < 1.29 is 4.42 Å². The molecule has 0 amide bonds. The van der Waals surface area contributed by atoms with Gasteiger partial charge in [0, 0.05) is 63.6 Å². The zero-order valence-electron chi connectivity index (χ0n) is 33.0. The molecule has 0 spiro atoms. The summed E-state index contributed by atoms with van der Waals surface area (Å²) in [5.74, 6) is 1.68. The van der Waals surface area contributed by atoms with Crippen LogP contribution in [0, 0.1) is 0 Å². The first-order chi connectivity index (χ1) is 30.7. The fourth-order valence-corrected chi connectivity index (χ4v) is 10.8. The van der Waals surface area contributed by atoms with Crippen LogP contribution < -0.4 is 0 Å². The molecule has 0 saturated heterocycles. The highest BCUT2D eigenvalue weighted by molar-refractivity contribution is 7.25. The van der Waals surface area contributed by atoms with Crippen molar-refractivity contribution in [2.45, 2.75) is 0 Å². The third-order valence-corrected chi connectivity index (χ3v) is 13.7. The number of fused-ring (bicyclic) bond motifs is 13. The molecule has 0 unspecified atom stereocenters. The first-order valence-electron chi connectivity index (χ1n) is 20.8. The topological polar surface area (TPSA) is 61.7 Å². The number of aromatic nitrogens is 5. The van der Waals surface area contributed by atoms with Crippen molar-refractivity contribution in [1.82, 2.24) is 24.1 Å². The standard InChI is InChI=1S/C55H31N5OS/c1-2-14-33-29-47-40(27-32(33)13-1)37-17-5-8-20-44(37)59(47)48-30-41-38-18-6-11-23-49(38)61-50(41)31-43(48)54-56-53(34-25-26-52-42(28-34)39-19-7-12-24-51(39)62-52)57-55(58-54)60-45-21-9-3-15-35(45)36-16-4-10-22-46(36)60/h1-31H. The molecule has 0 saturated carbocycles. The zero-order valence-corrected chi connectivity index (χ0v) is 33.8. The lowest BCUT2D eigenvalue weighted by Gasteiger charge is -2.16. The van der Waals surface area contributed by atoms with E-state index in [1.807, 2.05) is 12.1 Å². The molecule has 14 rings (SSSR count). The van der Waals surface area contributed by atoms with E-state index in [1.165, 1.54) is 41.7 Å². The minimum absolute atomic E-state index is 0.543. The van der Waals surface area contributed by atoms with Gasteiger partial charge in [0.1, 0.15) is 11.2 Å². The number of benzene rings is 9. The van der Waals surface area contributed by atoms with E-state index in [2.05, 4.69) is 185 Å². The summed E-state index contributed by atoms with van der Waals surface area (Å²) in [4.78, 5) is 16.4. The number of hydrogen-bond acceptors (Lipinski definition) is 5. The largest absolute Gasteiger partial charge is 0.456 e. The average molecular weight is 810 g/mol. The summed E-state index contributed by atoms with van der Waals surface area (Å²) in [6.07, 6.45) is 0. The summed E-state index contributed by atoms with van der Waals surface area (Å²) in [6, 6.07) is 66.7. The molecule has 0 radical (unpaired) electrons. The number of nitrogens with zero attached hydrogens (tertiary/aromatic N) is 5. The molecule has 0 N–H and O–H groups in total. The second-order valence-electron chi connectivity index (χ2n) is 16.0. The van der Waals surface area contributed by atoms with Gasteiger partial charge >= 0.3 is 0 Å². The molecule has 5 heterocycles. The van der Waals surface area contributed by atoms with Crippen molar-refractivity contribution in [3.05, 3.63) is 188 Å². The highest BCUT2D eigenvalue weighted by Crippen LogP contribution is 2.43. The molecule has 14 aromatic rings. The molecule has 6 nitrogen and oxygen atoms in total. The second kappa shape index (κ2) is 12.7. The number of hydrogen-bond donors (Lipinski definition) is 0. The summed E-state index contributed by atoms with van der Waals surface area (Å²) in [5.41, 5.74) is 8.55. The van der Waals surface area contributed by atoms with Crippen molar-refractivity contribution in [1.29, 1.82) is 0 Å². The van der Waals surface area contributed by atoms with Gasteiger partial charge in [0.2, 0.25) is 5.95 Å². The van der Waals surface area contributed by atoms with Crippen LogP contribution in [-0.4, -0.2) is 24.1 Å². The van der Waals surface area contributed by atoms with Crippen molar-refractivity contribution in [2.24, 2.45) is 0 Å². The first kappa shape index (κ1) is 33.7. The Morgan fingerprint density at radius 1 is 0.371 bits per heavy atom. The van der Waals surface area contributed by atoms with Crippen LogP contribution in [0.5, 0.6) is 0 Å². The second-order valence-corrected chi connectivity index (χ2v) is 17.1. The quantitative estimate of drug-likeness (QED) is 0.178. The molecular formula is C55H31N5OS. The highest BCUT2D eigenvalue weighted by Gasteiger charge is 2.24. The summed E-state index contributed by atoms with van der Waals surface area (Å²) in [7, 11) is 0. The number of thiophene rings is 1. The average Bonchev–Trinajstić information content (AvgIpc) is 4.07. The Morgan fingerprint density at radius 3 is 1.74 bits per heavy atom. The fraction of sp³-hybridized carbons (Fsp3) is 0. The Hall–Kier alpha value is -8.13. The maximum absolute atomic E-state index is 6.65. The van der Waals surface area contributed by atoms with Crippen LogP contribution in [0.25, 0.3) is 131 Å². The molecule has 62 heavy (non-hydrogen) atoms. The van der Waals surface area contributed by atoms with Gasteiger partial charge in [-0.05, 0) is 83.6 Å². The molecule has 9 aromatic carbocycles. The predicted molar refractivity (Wildman–Crippen MR) is 257 cm³/mol. The third-order valence-electron chi connectivity index (χ3n) is 12.6. The minimum atomic E-state index is 0.543. The Morgan fingerprint density at radius 2 is 0.968 bits per heavy atom. The van der Waals surface area contributed by atoms with Crippen molar-refractivity contribution in [3.63, 3.8) is 0 Å². The summed E-state index contributed by atoms with van der Waals surface area (Å²) in [6.45, 7) is 0. The van der Waals surface area contributed by atoms with Crippen molar-refractivity contribution in [3.8, 4) is 34.4 Å². The number of para-hydroxylation sites is 4. The van der Waals surface area contributed by atoms with Crippen LogP contribution in [0.1, 0.15) is 0 Å². The van der Waals surface area contributed by atoms with E-state index in [4.69, 9.17) is 19.4 Å². The van der Waals surface area contributed by atoms with Gasteiger partial charge in [-0.25, -0.2) is 4.98 Å². The fourth-order valence-electron chi connectivity index (χ4n) is 9.76. The zero-order chi connectivity index (χ0) is 40.5. The highest BCUT2D eigenvalue weighted by atomic mass is 32.1. The lowest BCUT2D eigenvalue weighted by Crippen LogP contribution is -2.08. The van der Waals surface area contributed by atoms with Crippen LogP contribution in [0.3, 0.4) is 0 Å². The van der Waals surface area contributed by atoms with E-state index < -0.39 is 0 Å². The first-order valence-corrected chi connectivity index (χ1v) is 21.6. The molecule has 7 heteroatoms. The van der Waals surface area contributed by atoms with Crippen LogP contribution in [0.15, 0.2) is 192 Å². The number of rotatable bonds is 4. The van der Waals surface area contributed by atoms with Crippen LogP contribution in [0.2, 0.25) is 0 Å². The van der Waals surface area contributed by atoms with Gasteiger partial charge in [-0.1, -0.05) is 115 Å². The van der Waals surface area contributed by atoms with Gasteiger partial charge < -0.3 is 8.98 Å². The Bertz CT molecular complexity index is 4130. The van der Waals surface area contributed by atoms with Crippen molar-refractivity contribution >= 4 is 108 Å². The normalized spacial score (nSPS) is 12.2. The Kier molecular flexibility index (Phi) is 6.89. The van der Waals surface area contributed by atoms with Crippen LogP contribution >= 0.6 is 11.3 Å². The Labute approximate surface area is 357 Å².